The van der Waals surface area contributed by atoms with Crippen LogP contribution in [0.1, 0.15) is 123 Å². The fourth-order valence-electron chi connectivity index (χ4n) is 13.7. The highest BCUT2D eigenvalue weighted by Gasteiger charge is 2.40. The average Bonchev–Trinajstić information content (AvgIpc) is 3.99. The number of carbonyl (C=O) groups is 1. The fourth-order valence-corrected chi connectivity index (χ4v) is 15.4. The van der Waals surface area contributed by atoms with Crippen LogP contribution in [0.3, 0.4) is 0 Å². The van der Waals surface area contributed by atoms with E-state index in [4.69, 9.17) is 60.3 Å². The van der Waals surface area contributed by atoms with E-state index in [1.165, 1.54) is 61.5 Å². The number of carboxylic acids is 1. The van der Waals surface area contributed by atoms with Crippen LogP contribution >= 0.6 is 82.6 Å². The van der Waals surface area contributed by atoms with Crippen LogP contribution in [0.25, 0.3) is 0 Å². The van der Waals surface area contributed by atoms with Crippen molar-refractivity contribution in [1.82, 2.24) is 30.5 Å². The van der Waals surface area contributed by atoms with Gasteiger partial charge in [0.15, 0.2) is 0 Å². The lowest BCUT2D eigenvalue weighted by Gasteiger charge is -2.40. The van der Waals surface area contributed by atoms with E-state index in [1.807, 2.05) is 36.8 Å². The summed E-state index contributed by atoms with van der Waals surface area (Å²) in [5.74, 6) is 0.964. The molecule has 3 aromatic carbocycles. The van der Waals surface area contributed by atoms with E-state index in [2.05, 4.69) is 135 Å². The molecule has 3 aliphatic heterocycles. The summed E-state index contributed by atoms with van der Waals surface area (Å²) in [6, 6.07) is 25.2. The van der Waals surface area contributed by atoms with Crippen LogP contribution in [0.2, 0.25) is 15.1 Å². The number of halogens is 6. The molecule has 0 bridgehead atoms. The zero-order valence-electron chi connectivity index (χ0n) is 44.0. The monoisotopic (exact) mass is 1320 g/mol. The standard InChI is InChI=1S/C21H24BrClN2O2.C20H22BrClN2O2.C20H20BrClN2O2/c1-25-7-6-14(10-18(25)12-27-26)20-19-5-4-17(23)9-13(19)2-3-15-8-16(22)11-24-21(15)20;21-15-7-14-2-1-12-8-16(22)3-4-18(12)19(20(14)24-10-15)13-5-6-23-17(9-13)11-26-25;21-14-7-13-2-1-11-8-15(22)3-4-16(11)18(19(13)24-10-14)12-5-6-23-17(9-12)20(25)26/h4-5,8-9,11,14,18,20,26H,2-3,6-7,10,12H2,1H3;3-4,7-8,10,13,17,19,23,25H,1-2,5-6,9,11H2;3-4,7-8,10,12,17-18,23H,1-2,5-6,9H2,(H,25,26)/t14-,18?,20?;;12-,17?,18?/m0.1/s1. The maximum Gasteiger partial charge on any atom is 0.320 e. The Morgan fingerprint density at radius 2 is 0.975 bits per heavy atom. The summed E-state index contributed by atoms with van der Waals surface area (Å²) in [5.41, 5.74) is 15.2. The summed E-state index contributed by atoms with van der Waals surface area (Å²) in [5, 5.41) is 36.2. The number of likely N-dealkylation sites (N-methyl/N-ethyl adjacent to an activating group) is 1. The van der Waals surface area contributed by atoms with Crippen molar-refractivity contribution in [3.05, 3.63) is 187 Å². The number of aliphatic carboxylic acids is 1. The highest BCUT2D eigenvalue weighted by Crippen LogP contribution is 2.47. The molecule has 3 fully saturated rings. The fraction of sp³-hybridized carbons (Fsp3) is 0.443. The molecule has 0 saturated carbocycles. The summed E-state index contributed by atoms with van der Waals surface area (Å²) in [6.45, 7) is 3.28. The molecule has 5 N–H and O–H groups in total. The van der Waals surface area contributed by atoms with Crippen molar-refractivity contribution < 1.29 is 30.2 Å². The third-order valence-electron chi connectivity index (χ3n) is 17.4. The minimum absolute atomic E-state index is 0.108. The lowest BCUT2D eigenvalue weighted by atomic mass is 9.75. The third-order valence-corrected chi connectivity index (χ3v) is 19.4. The molecule has 18 heteroatoms. The lowest BCUT2D eigenvalue weighted by molar-refractivity contribution is -0.253. The molecule has 0 amide bonds. The van der Waals surface area contributed by atoms with Gasteiger partial charge in [0.05, 0.1) is 30.3 Å². The zero-order valence-corrected chi connectivity index (χ0v) is 51.0. The maximum absolute atomic E-state index is 11.5. The van der Waals surface area contributed by atoms with E-state index in [0.29, 0.717) is 38.0 Å². The van der Waals surface area contributed by atoms with Crippen molar-refractivity contribution in [2.24, 2.45) is 17.8 Å². The van der Waals surface area contributed by atoms with Gasteiger partial charge < -0.3 is 20.6 Å². The molecule has 9 atom stereocenters. The number of hydrogen-bond acceptors (Lipinski definition) is 11. The van der Waals surface area contributed by atoms with Crippen LogP contribution in [0.4, 0.5) is 0 Å². The summed E-state index contributed by atoms with van der Waals surface area (Å²) in [7, 11) is 2.10. The lowest BCUT2D eigenvalue weighted by Crippen LogP contribution is -2.45. The number of carboxylic acid groups (broad SMARTS) is 1. The number of benzene rings is 3. The number of aromatic nitrogens is 3. The molecule has 6 aromatic rings. The molecule has 6 aliphatic rings. The molecule has 0 radical (unpaired) electrons. The number of nitrogens with zero attached hydrogens (tertiary/aromatic N) is 4. The van der Waals surface area contributed by atoms with Gasteiger partial charge >= 0.3 is 5.97 Å². The molecule has 0 spiro atoms. The van der Waals surface area contributed by atoms with E-state index < -0.39 is 12.0 Å². The Labute approximate surface area is 503 Å². The van der Waals surface area contributed by atoms with Crippen molar-refractivity contribution in [3.63, 3.8) is 0 Å². The Morgan fingerprint density at radius 1 is 0.570 bits per heavy atom. The van der Waals surface area contributed by atoms with Crippen LogP contribution < -0.4 is 10.6 Å². The van der Waals surface area contributed by atoms with Crippen molar-refractivity contribution >= 4 is 88.6 Å². The van der Waals surface area contributed by atoms with Crippen LogP contribution in [-0.2, 0) is 53.1 Å². The molecule has 12 nitrogen and oxygen atoms in total. The van der Waals surface area contributed by atoms with Gasteiger partial charge in [0.25, 0.3) is 0 Å². The number of aryl methyl sites for hydroxylation is 6. The minimum Gasteiger partial charge on any atom is -0.480 e. The second-order valence-corrected chi connectivity index (χ2v) is 26.2. The van der Waals surface area contributed by atoms with Crippen LogP contribution in [0.5, 0.6) is 0 Å². The van der Waals surface area contributed by atoms with E-state index in [-0.39, 0.29) is 35.8 Å². The first-order valence-electron chi connectivity index (χ1n) is 27.5. The summed E-state index contributed by atoms with van der Waals surface area (Å²) in [6.07, 6.45) is 17.1. The number of nitrogens with one attached hydrogen (secondary N) is 2. The first-order chi connectivity index (χ1) is 38.2. The van der Waals surface area contributed by atoms with Crippen LogP contribution in [0.15, 0.2) is 105 Å². The minimum atomic E-state index is -0.774. The molecule has 3 aromatic heterocycles. The molecule has 3 saturated heterocycles. The smallest absolute Gasteiger partial charge is 0.320 e. The average molecular weight is 1330 g/mol. The molecule has 418 valence electrons. The van der Waals surface area contributed by atoms with Gasteiger partial charge in [-0.25, -0.2) is 9.78 Å². The van der Waals surface area contributed by atoms with Gasteiger partial charge in [0.1, 0.15) is 6.04 Å². The second kappa shape index (κ2) is 26.9. The predicted molar refractivity (Wildman–Crippen MR) is 321 cm³/mol. The Balaban J connectivity index is 0.000000134. The summed E-state index contributed by atoms with van der Waals surface area (Å²) in [4.78, 5) is 37.2. The van der Waals surface area contributed by atoms with Crippen molar-refractivity contribution in [1.29, 1.82) is 0 Å². The van der Waals surface area contributed by atoms with Gasteiger partial charge in [-0.1, -0.05) is 53.0 Å². The van der Waals surface area contributed by atoms with E-state index in [9.17, 15) is 9.90 Å². The normalized spacial score (nSPS) is 25.3. The van der Waals surface area contributed by atoms with Crippen molar-refractivity contribution in [2.45, 2.75) is 113 Å². The van der Waals surface area contributed by atoms with Gasteiger partial charge in [0, 0.05) is 76.9 Å². The van der Waals surface area contributed by atoms with E-state index >= 15 is 0 Å². The number of hydrogen-bond donors (Lipinski definition) is 5. The number of pyridine rings is 3. The Kier molecular flexibility index (Phi) is 20.0. The maximum atomic E-state index is 11.5. The Hall–Kier alpha value is -3.39. The van der Waals surface area contributed by atoms with E-state index in [1.54, 1.807) is 0 Å². The number of likely N-dealkylation sites (tertiary alicyclic amines) is 1. The van der Waals surface area contributed by atoms with Gasteiger partial charge in [-0.3, -0.25) is 30.3 Å². The van der Waals surface area contributed by atoms with Gasteiger partial charge in [-0.2, -0.15) is 0 Å². The highest BCUT2D eigenvalue weighted by molar-refractivity contribution is 9.11. The number of piperidine rings is 3. The van der Waals surface area contributed by atoms with Crippen LogP contribution in [0, 0.1) is 17.8 Å². The van der Waals surface area contributed by atoms with Gasteiger partial charge in [-0.05, 0) is 274 Å². The first kappa shape index (κ1) is 58.8. The summed E-state index contributed by atoms with van der Waals surface area (Å²) < 4.78 is 3.03. The molecular weight excluding hydrogens is 1260 g/mol. The van der Waals surface area contributed by atoms with Gasteiger partial charge in [0.2, 0.25) is 0 Å². The summed E-state index contributed by atoms with van der Waals surface area (Å²) >= 11 is 29.5. The second-order valence-electron chi connectivity index (χ2n) is 22.1. The highest BCUT2D eigenvalue weighted by atomic mass is 79.9. The molecule has 6 heterocycles. The van der Waals surface area contributed by atoms with Crippen LogP contribution in [-0.4, -0.2) is 99.5 Å². The SMILES string of the molecule is CN1CC[C@H](C2c3ccc(Cl)cc3CCc3cc(Br)cnc32)CC1COO.O=C(O)C1C[C@H](C2c3ccc(Cl)cc3CCc3cc(Br)cnc32)CCN1.OOCC1CC(C2c3ccc(Cl)cc3CCc3cc(Br)cnc32)CCN1. The number of fused-ring (bicyclic) bond motifs is 6. The first-order valence-corrected chi connectivity index (χ1v) is 31.0. The largest absolute Gasteiger partial charge is 0.480 e. The molecular formula is C61H66Br3Cl3N6O6. The molecule has 7 unspecified atom stereocenters. The quantitative estimate of drug-likeness (QED) is 0.0726. The Morgan fingerprint density at radius 3 is 1.41 bits per heavy atom. The Bertz CT molecular complexity index is 2980. The number of rotatable bonds is 8. The zero-order chi connectivity index (χ0) is 55.3. The molecule has 3 aliphatic carbocycles. The molecule has 79 heavy (non-hydrogen) atoms. The predicted octanol–water partition coefficient (Wildman–Crippen LogP) is 13.7. The topological polar surface area (TPSA) is 162 Å². The molecule has 12 rings (SSSR count). The van der Waals surface area contributed by atoms with Crippen molar-refractivity contribution in [2.75, 3.05) is 39.9 Å². The van der Waals surface area contributed by atoms with E-state index in [0.717, 1.165) is 118 Å². The third kappa shape index (κ3) is 13.8. The van der Waals surface area contributed by atoms with Crippen molar-refractivity contribution in [3.8, 4) is 0 Å². The van der Waals surface area contributed by atoms with Gasteiger partial charge in [-0.15, -0.1) is 0 Å².